The van der Waals surface area contributed by atoms with E-state index in [0.717, 1.165) is 21.7 Å². The van der Waals surface area contributed by atoms with E-state index in [1.807, 2.05) is 43.3 Å². The summed E-state index contributed by atoms with van der Waals surface area (Å²) < 4.78 is 26.8. The van der Waals surface area contributed by atoms with E-state index in [1.54, 1.807) is 37.3 Å². The Labute approximate surface area is 234 Å². The van der Waals surface area contributed by atoms with E-state index in [1.165, 1.54) is 11.9 Å². The molecule has 0 spiro atoms. The molecule has 2 amide bonds. The Morgan fingerprint density at radius 2 is 1.66 bits per heavy atom. The molecule has 38 heavy (non-hydrogen) atoms. The number of halogens is 2. The summed E-state index contributed by atoms with van der Waals surface area (Å²) in [7, 11) is -2.34. The molecule has 0 bridgehead atoms. The Kier molecular flexibility index (Phi) is 9.82. The second-order valence-corrected chi connectivity index (χ2v) is 11.9. The van der Waals surface area contributed by atoms with E-state index in [4.69, 9.17) is 23.2 Å². The number of benzene rings is 3. The van der Waals surface area contributed by atoms with Crippen molar-refractivity contribution in [3.05, 3.63) is 99.0 Å². The van der Waals surface area contributed by atoms with Crippen molar-refractivity contribution in [1.29, 1.82) is 0 Å². The van der Waals surface area contributed by atoms with Crippen molar-refractivity contribution in [2.24, 2.45) is 0 Å². The van der Waals surface area contributed by atoms with Gasteiger partial charge in [0.05, 0.1) is 11.9 Å². The number of anilines is 1. The lowest BCUT2D eigenvalue weighted by atomic mass is 10.0. The highest BCUT2D eigenvalue weighted by atomic mass is 35.5. The Bertz CT molecular complexity index is 1410. The van der Waals surface area contributed by atoms with Gasteiger partial charge in [-0.2, -0.15) is 0 Å². The van der Waals surface area contributed by atoms with Crippen LogP contribution in [0.15, 0.2) is 66.7 Å². The van der Waals surface area contributed by atoms with E-state index >= 15 is 0 Å². The lowest BCUT2D eigenvalue weighted by Crippen LogP contribution is -2.53. The number of aryl methyl sites for hydroxylation is 2. The quantitative estimate of drug-likeness (QED) is 0.377. The second kappa shape index (κ2) is 12.7. The fourth-order valence-corrected chi connectivity index (χ4v) is 5.61. The van der Waals surface area contributed by atoms with Gasteiger partial charge in [-0.25, -0.2) is 8.42 Å². The van der Waals surface area contributed by atoms with Crippen LogP contribution in [0, 0.1) is 13.8 Å². The van der Waals surface area contributed by atoms with Crippen molar-refractivity contribution in [1.82, 2.24) is 10.2 Å². The van der Waals surface area contributed by atoms with E-state index in [9.17, 15) is 18.0 Å². The summed E-state index contributed by atoms with van der Waals surface area (Å²) in [5.41, 5.74) is 3.49. The maximum atomic E-state index is 14.0. The molecule has 1 N–H and O–H groups in total. The third kappa shape index (κ3) is 7.49. The third-order valence-corrected chi connectivity index (χ3v) is 7.89. The highest BCUT2D eigenvalue weighted by Gasteiger charge is 2.33. The first-order valence-corrected chi connectivity index (χ1v) is 14.5. The molecular formula is C28H31Cl2N3O4S. The first-order valence-electron chi connectivity index (χ1n) is 11.9. The molecule has 1 atom stereocenters. The van der Waals surface area contributed by atoms with Gasteiger partial charge in [0.15, 0.2) is 0 Å². The number of carbonyl (C=O) groups excluding carboxylic acids is 2. The molecule has 3 rings (SSSR count). The van der Waals surface area contributed by atoms with Gasteiger partial charge >= 0.3 is 0 Å². The molecular weight excluding hydrogens is 545 g/mol. The number of sulfonamides is 1. The van der Waals surface area contributed by atoms with Gasteiger partial charge in [0.2, 0.25) is 21.8 Å². The van der Waals surface area contributed by atoms with Crippen molar-refractivity contribution in [2.45, 2.75) is 32.9 Å². The molecule has 3 aromatic carbocycles. The van der Waals surface area contributed by atoms with Crippen LogP contribution in [-0.4, -0.2) is 51.0 Å². The van der Waals surface area contributed by atoms with Crippen LogP contribution >= 0.6 is 23.2 Å². The van der Waals surface area contributed by atoms with E-state index in [2.05, 4.69) is 5.32 Å². The number of likely N-dealkylation sites (N-methyl/N-ethyl adjacent to an activating group) is 1. The Hall–Kier alpha value is -3.07. The SMILES string of the molecule is CNC(=O)C(Cc1ccccc1)N(Cc1ccc(Cl)cc1Cl)C(=O)CN(c1ccc(C)cc1C)S(C)(=O)=O. The fraction of sp³-hybridized carbons (Fsp3) is 0.286. The smallest absolute Gasteiger partial charge is 0.244 e. The molecule has 0 saturated heterocycles. The van der Waals surface area contributed by atoms with Gasteiger partial charge in [-0.15, -0.1) is 0 Å². The predicted molar refractivity (Wildman–Crippen MR) is 153 cm³/mol. The summed E-state index contributed by atoms with van der Waals surface area (Å²) >= 11 is 12.5. The molecule has 0 radical (unpaired) electrons. The molecule has 0 aliphatic carbocycles. The molecule has 0 aromatic heterocycles. The monoisotopic (exact) mass is 575 g/mol. The first kappa shape index (κ1) is 29.5. The standard InChI is InChI=1S/C28H31Cl2N3O4S/c1-19-10-13-25(20(2)14-19)33(38(4,36)37)18-27(34)32(17-22-11-12-23(29)16-24(22)30)26(28(35)31-3)15-21-8-6-5-7-9-21/h5-14,16,26H,15,17-18H2,1-4H3,(H,31,35). The molecule has 202 valence electrons. The summed E-state index contributed by atoms with van der Waals surface area (Å²) in [4.78, 5) is 28.5. The molecule has 3 aromatic rings. The normalized spacial score (nSPS) is 12.1. The van der Waals surface area contributed by atoms with Crippen LogP contribution in [0.25, 0.3) is 0 Å². The first-order chi connectivity index (χ1) is 17.9. The van der Waals surface area contributed by atoms with E-state index in [-0.39, 0.29) is 18.9 Å². The van der Waals surface area contributed by atoms with Gasteiger partial charge in [0, 0.05) is 30.1 Å². The summed E-state index contributed by atoms with van der Waals surface area (Å²) in [5, 5.41) is 3.41. The third-order valence-electron chi connectivity index (χ3n) is 6.17. The zero-order valence-corrected chi connectivity index (χ0v) is 24.1. The average Bonchev–Trinajstić information content (AvgIpc) is 2.85. The molecule has 0 aliphatic heterocycles. The highest BCUT2D eigenvalue weighted by molar-refractivity contribution is 7.92. The van der Waals surface area contributed by atoms with Crippen LogP contribution in [0.5, 0.6) is 0 Å². The van der Waals surface area contributed by atoms with Gasteiger partial charge in [-0.05, 0) is 48.7 Å². The lowest BCUT2D eigenvalue weighted by Gasteiger charge is -2.33. The maximum Gasteiger partial charge on any atom is 0.244 e. The molecule has 1 unspecified atom stereocenters. The number of carbonyl (C=O) groups is 2. The highest BCUT2D eigenvalue weighted by Crippen LogP contribution is 2.26. The van der Waals surface area contributed by atoms with Crippen LogP contribution in [-0.2, 0) is 32.6 Å². The minimum atomic E-state index is -3.84. The molecule has 10 heteroatoms. The molecule has 0 aliphatic rings. The molecule has 0 heterocycles. The van der Waals surface area contributed by atoms with Gasteiger partial charge in [-0.1, -0.05) is 77.3 Å². The molecule has 0 fully saturated rings. The largest absolute Gasteiger partial charge is 0.357 e. The number of amides is 2. The average molecular weight is 577 g/mol. The Morgan fingerprint density at radius 1 is 0.974 bits per heavy atom. The van der Waals surface area contributed by atoms with Crippen LogP contribution < -0.4 is 9.62 Å². The van der Waals surface area contributed by atoms with Crippen molar-refractivity contribution in [3.8, 4) is 0 Å². The van der Waals surface area contributed by atoms with Crippen LogP contribution in [0.4, 0.5) is 5.69 Å². The summed E-state index contributed by atoms with van der Waals surface area (Å²) in [5.74, 6) is -0.935. The number of hydrogen-bond donors (Lipinski definition) is 1. The Balaban J connectivity index is 2.07. The topological polar surface area (TPSA) is 86.8 Å². The van der Waals surface area contributed by atoms with E-state index in [0.29, 0.717) is 26.9 Å². The number of nitrogens with zero attached hydrogens (tertiary/aromatic N) is 2. The number of rotatable bonds is 10. The van der Waals surface area contributed by atoms with Crippen molar-refractivity contribution < 1.29 is 18.0 Å². The van der Waals surface area contributed by atoms with Crippen LogP contribution in [0.2, 0.25) is 10.0 Å². The Morgan fingerprint density at radius 3 is 2.24 bits per heavy atom. The zero-order chi connectivity index (χ0) is 28.0. The van der Waals surface area contributed by atoms with Crippen LogP contribution in [0.3, 0.4) is 0 Å². The van der Waals surface area contributed by atoms with Crippen molar-refractivity contribution in [3.63, 3.8) is 0 Å². The zero-order valence-electron chi connectivity index (χ0n) is 21.7. The van der Waals surface area contributed by atoms with Crippen LogP contribution in [0.1, 0.15) is 22.3 Å². The van der Waals surface area contributed by atoms with Gasteiger partial charge in [0.1, 0.15) is 12.6 Å². The second-order valence-electron chi connectivity index (χ2n) is 9.14. The van der Waals surface area contributed by atoms with Gasteiger partial charge < -0.3 is 10.2 Å². The summed E-state index contributed by atoms with van der Waals surface area (Å²) in [6.45, 7) is 3.18. The predicted octanol–water partition coefficient (Wildman–Crippen LogP) is 4.76. The summed E-state index contributed by atoms with van der Waals surface area (Å²) in [6.07, 6.45) is 1.28. The fourth-order valence-electron chi connectivity index (χ4n) is 4.23. The molecule has 7 nitrogen and oxygen atoms in total. The molecule has 0 saturated carbocycles. The van der Waals surface area contributed by atoms with E-state index < -0.39 is 28.5 Å². The number of hydrogen-bond acceptors (Lipinski definition) is 4. The lowest BCUT2D eigenvalue weighted by molar-refractivity contribution is -0.139. The number of nitrogens with one attached hydrogen (secondary N) is 1. The maximum absolute atomic E-state index is 14.0. The minimum Gasteiger partial charge on any atom is -0.357 e. The minimum absolute atomic E-state index is 0.0236. The van der Waals surface area contributed by atoms with Gasteiger partial charge in [0.25, 0.3) is 0 Å². The van der Waals surface area contributed by atoms with Crippen molar-refractivity contribution >= 4 is 50.7 Å². The summed E-state index contributed by atoms with van der Waals surface area (Å²) in [6, 6.07) is 18.6. The van der Waals surface area contributed by atoms with Gasteiger partial charge in [-0.3, -0.25) is 13.9 Å². The van der Waals surface area contributed by atoms with Crippen molar-refractivity contribution in [2.75, 3.05) is 24.2 Å².